The second-order valence-electron chi connectivity index (χ2n) is 4.68. The highest BCUT2D eigenvalue weighted by Gasteiger charge is 2.04. The van der Waals surface area contributed by atoms with Crippen molar-refractivity contribution in [3.05, 3.63) is 52.5 Å². The van der Waals surface area contributed by atoms with Gasteiger partial charge in [-0.1, -0.05) is 27.2 Å². The number of carbonyl (C=O) groups is 1. The van der Waals surface area contributed by atoms with Crippen LogP contribution in [0, 0.1) is 0 Å². The molecule has 126 valence electrons. The van der Waals surface area contributed by atoms with Gasteiger partial charge in [-0.3, -0.25) is 4.79 Å². The van der Waals surface area contributed by atoms with E-state index in [1.165, 1.54) is 6.21 Å². The van der Waals surface area contributed by atoms with Crippen LogP contribution in [0.2, 0.25) is 0 Å². The molecule has 7 heteroatoms. The van der Waals surface area contributed by atoms with Crippen molar-refractivity contribution in [1.82, 2.24) is 0 Å². The lowest BCUT2D eigenvalue weighted by atomic mass is 10.2. The Morgan fingerprint density at radius 2 is 1.96 bits per heavy atom. The maximum atomic E-state index is 11.8. The lowest BCUT2D eigenvalue weighted by molar-refractivity contribution is -0.120. The van der Waals surface area contributed by atoms with Gasteiger partial charge in [0.15, 0.2) is 18.1 Å². The lowest BCUT2D eigenvalue weighted by Crippen LogP contribution is -2.16. The fourth-order valence-electron chi connectivity index (χ4n) is 1.89. The number of nitrogens with one attached hydrogen (secondary N) is 1. The molecule has 0 heterocycles. The number of hydrogen-bond acceptors (Lipinski definition) is 5. The van der Waals surface area contributed by atoms with Crippen molar-refractivity contribution >= 4 is 33.7 Å². The molecule has 2 rings (SSSR count). The van der Waals surface area contributed by atoms with Gasteiger partial charge in [-0.05, 0) is 36.4 Å². The Bertz CT molecular complexity index is 734. The third-order valence-electron chi connectivity index (χ3n) is 2.99. The lowest BCUT2D eigenvalue weighted by Gasteiger charge is -2.07. The number of amides is 1. The third kappa shape index (κ3) is 5.27. The summed E-state index contributed by atoms with van der Waals surface area (Å²) < 4.78 is 11.2. The van der Waals surface area contributed by atoms with Gasteiger partial charge in [-0.25, -0.2) is 0 Å². The average molecular weight is 393 g/mol. The number of benzene rings is 2. The predicted molar refractivity (Wildman–Crippen MR) is 95.9 cm³/mol. The van der Waals surface area contributed by atoms with E-state index in [1.807, 2.05) is 12.1 Å². The van der Waals surface area contributed by atoms with Crippen molar-refractivity contribution in [1.29, 1.82) is 0 Å². The van der Waals surface area contributed by atoms with Crippen molar-refractivity contribution in [2.75, 3.05) is 26.1 Å². The normalized spacial score (nSPS) is 10.5. The smallest absolute Gasteiger partial charge is 0.265 e. The van der Waals surface area contributed by atoms with Crippen LogP contribution < -0.4 is 14.8 Å². The molecule has 1 amide bonds. The molecule has 0 fully saturated rings. The van der Waals surface area contributed by atoms with E-state index in [4.69, 9.17) is 14.3 Å². The number of oxime groups is 1. The second kappa shape index (κ2) is 8.93. The van der Waals surface area contributed by atoms with Crippen LogP contribution in [0.15, 0.2) is 52.1 Å². The Balaban J connectivity index is 1.85. The van der Waals surface area contributed by atoms with Crippen molar-refractivity contribution in [3.63, 3.8) is 0 Å². The number of halogens is 1. The fourth-order valence-corrected chi connectivity index (χ4v) is 2.29. The molecule has 1 N–H and O–H groups in total. The molecule has 0 aromatic heterocycles. The second-order valence-corrected chi connectivity index (χ2v) is 5.60. The molecular formula is C17H17BrN2O4. The number of nitrogens with zero attached hydrogens (tertiary/aromatic N) is 1. The molecule has 6 nitrogen and oxygen atoms in total. The summed E-state index contributed by atoms with van der Waals surface area (Å²) in [7, 11) is 3.13. The largest absolute Gasteiger partial charge is 0.493 e. The SMILES string of the molecule is COc1ccc(/C=N\OCC(=O)Nc2cccc(Br)c2)cc1OC. The zero-order chi connectivity index (χ0) is 17.4. The van der Waals surface area contributed by atoms with E-state index >= 15 is 0 Å². The summed E-state index contributed by atoms with van der Waals surface area (Å²) in [5.74, 6) is 0.926. The van der Waals surface area contributed by atoms with E-state index in [9.17, 15) is 4.79 Å². The average Bonchev–Trinajstić information content (AvgIpc) is 2.58. The topological polar surface area (TPSA) is 69.2 Å². The summed E-state index contributed by atoms with van der Waals surface area (Å²) in [6.07, 6.45) is 1.49. The Labute approximate surface area is 148 Å². The van der Waals surface area contributed by atoms with Gasteiger partial charge in [0.05, 0.1) is 20.4 Å². The Morgan fingerprint density at radius 3 is 2.67 bits per heavy atom. The quantitative estimate of drug-likeness (QED) is 0.578. The van der Waals surface area contributed by atoms with Gasteiger partial charge in [-0.2, -0.15) is 0 Å². The van der Waals surface area contributed by atoms with Crippen LogP contribution in [0.1, 0.15) is 5.56 Å². The Kier molecular flexibility index (Phi) is 6.62. The van der Waals surface area contributed by atoms with Gasteiger partial charge in [0.1, 0.15) is 0 Å². The highest BCUT2D eigenvalue weighted by molar-refractivity contribution is 9.10. The maximum Gasteiger partial charge on any atom is 0.265 e. The first-order valence-electron chi connectivity index (χ1n) is 7.05. The van der Waals surface area contributed by atoms with Crippen molar-refractivity contribution < 1.29 is 19.1 Å². The van der Waals surface area contributed by atoms with Gasteiger partial charge >= 0.3 is 0 Å². The van der Waals surface area contributed by atoms with Crippen LogP contribution in [0.5, 0.6) is 11.5 Å². The minimum atomic E-state index is -0.294. The summed E-state index contributed by atoms with van der Waals surface area (Å²) in [4.78, 5) is 16.8. The molecule has 0 atom stereocenters. The highest BCUT2D eigenvalue weighted by atomic mass is 79.9. The molecule has 0 aliphatic heterocycles. The molecule has 2 aromatic carbocycles. The zero-order valence-corrected chi connectivity index (χ0v) is 14.9. The van der Waals surface area contributed by atoms with Crippen LogP contribution in [-0.4, -0.2) is 32.9 Å². The summed E-state index contributed by atoms with van der Waals surface area (Å²) in [6, 6.07) is 12.6. The van der Waals surface area contributed by atoms with Crippen LogP contribution >= 0.6 is 15.9 Å². The summed E-state index contributed by atoms with van der Waals surface area (Å²) in [5, 5.41) is 6.49. The minimum absolute atomic E-state index is 0.184. The van der Waals surface area contributed by atoms with Gasteiger partial charge in [0.2, 0.25) is 0 Å². The number of rotatable bonds is 7. The van der Waals surface area contributed by atoms with Gasteiger partial charge < -0.3 is 19.6 Å². The number of carbonyl (C=O) groups excluding carboxylic acids is 1. The van der Waals surface area contributed by atoms with Crippen molar-refractivity contribution in [2.45, 2.75) is 0 Å². The van der Waals surface area contributed by atoms with E-state index in [2.05, 4.69) is 26.4 Å². The molecule has 0 aliphatic carbocycles. The summed E-state index contributed by atoms with van der Waals surface area (Å²) in [6.45, 7) is -0.184. The predicted octanol–water partition coefficient (Wildman–Crippen LogP) is 3.46. The molecule has 0 unspecified atom stereocenters. The zero-order valence-electron chi connectivity index (χ0n) is 13.3. The van der Waals surface area contributed by atoms with Gasteiger partial charge in [-0.15, -0.1) is 0 Å². The molecule has 0 saturated heterocycles. The number of anilines is 1. The molecule has 24 heavy (non-hydrogen) atoms. The van der Waals surface area contributed by atoms with Crippen LogP contribution in [0.3, 0.4) is 0 Å². The number of methoxy groups -OCH3 is 2. The van der Waals surface area contributed by atoms with E-state index in [0.717, 1.165) is 10.0 Å². The first-order valence-corrected chi connectivity index (χ1v) is 7.84. The van der Waals surface area contributed by atoms with Gasteiger partial charge in [0.25, 0.3) is 5.91 Å². The van der Waals surface area contributed by atoms with E-state index < -0.39 is 0 Å². The van der Waals surface area contributed by atoms with Crippen molar-refractivity contribution in [3.8, 4) is 11.5 Å². The van der Waals surface area contributed by atoms with Crippen LogP contribution in [-0.2, 0) is 9.63 Å². The first kappa shape index (κ1) is 17.8. The molecule has 0 bridgehead atoms. The maximum absolute atomic E-state index is 11.8. The van der Waals surface area contributed by atoms with E-state index in [-0.39, 0.29) is 12.5 Å². The molecule has 0 radical (unpaired) electrons. The Hall–Kier alpha value is -2.54. The molecule has 2 aromatic rings. The van der Waals surface area contributed by atoms with E-state index in [1.54, 1.807) is 44.6 Å². The standard InChI is InChI=1S/C17H17BrN2O4/c1-22-15-7-6-12(8-16(15)23-2)10-19-24-11-17(21)20-14-5-3-4-13(18)9-14/h3-10H,11H2,1-2H3,(H,20,21)/b19-10-. The van der Waals surface area contributed by atoms with Crippen LogP contribution in [0.4, 0.5) is 5.69 Å². The minimum Gasteiger partial charge on any atom is -0.493 e. The number of ether oxygens (including phenoxy) is 2. The monoisotopic (exact) mass is 392 g/mol. The third-order valence-corrected chi connectivity index (χ3v) is 3.48. The molecule has 0 aliphatic rings. The molecule has 0 spiro atoms. The molecule has 0 saturated carbocycles. The molecular weight excluding hydrogens is 376 g/mol. The van der Waals surface area contributed by atoms with E-state index in [0.29, 0.717) is 17.2 Å². The Morgan fingerprint density at radius 1 is 1.17 bits per heavy atom. The van der Waals surface area contributed by atoms with Crippen LogP contribution in [0.25, 0.3) is 0 Å². The highest BCUT2D eigenvalue weighted by Crippen LogP contribution is 2.26. The first-order chi connectivity index (χ1) is 11.6. The van der Waals surface area contributed by atoms with Gasteiger partial charge in [0, 0.05) is 15.7 Å². The fraction of sp³-hybridized carbons (Fsp3) is 0.176. The van der Waals surface area contributed by atoms with Crippen molar-refractivity contribution in [2.24, 2.45) is 5.16 Å². The summed E-state index contributed by atoms with van der Waals surface area (Å²) >= 11 is 3.34. The number of hydrogen-bond donors (Lipinski definition) is 1. The summed E-state index contributed by atoms with van der Waals surface area (Å²) in [5.41, 5.74) is 1.45.